The molecule has 0 radical (unpaired) electrons. The molecule has 1 aliphatic rings. The van der Waals surface area contributed by atoms with Gasteiger partial charge in [0.25, 0.3) is 0 Å². The zero-order valence-electron chi connectivity index (χ0n) is 12.3. The monoisotopic (exact) mass is 270 g/mol. The van der Waals surface area contributed by atoms with E-state index in [1.165, 1.54) is 0 Å². The van der Waals surface area contributed by atoms with E-state index in [0.717, 1.165) is 12.8 Å². The number of urea groups is 1. The lowest BCUT2D eigenvalue weighted by molar-refractivity contribution is -0.142. The Morgan fingerprint density at radius 3 is 2.37 bits per heavy atom. The minimum atomic E-state index is -0.810. The van der Waals surface area contributed by atoms with E-state index in [1.54, 1.807) is 4.90 Å². The number of aliphatic carboxylic acids is 1. The van der Waals surface area contributed by atoms with Crippen LogP contribution in [0.5, 0.6) is 0 Å². The summed E-state index contributed by atoms with van der Waals surface area (Å²) in [7, 11) is 0. The highest BCUT2D eigenvalue weighted by atomic mass is 16.4. The molecule has 3 unspecified atom stereocenters. The molecular formula is C14H26N2O3. The van der Waals surface area contributed by atoms with Crippen LogP contribution >= 0.6 is 0 Å². The molecule has 1 rings (SSSR count). The van der Waals surface area contributed by atoms with Crippen molar-refractivity contribution in [3.8, 4) is 0 Å². The SMILES string of the molecule is CC(C)CCC(C)NC(=O)N1CC(C)C(C(=O)O)C1. The molecule has 2 N–H and O–H groups in total. The number of carbonyl (C=O) groups excluding carboxylic acids is 1. The van der Waals surface area contributed by atoms with Gasteiger partial charge in [0.1, 0.15) is 0 Å². The number of nitrogens with one attached hydrogen (secondary N) is 1. The van der Waals surface area contributed by atoms with Gasteiger partial charge < -0.3 is 15.3 Å². The summed E-state index contributed by atoms with van der Waals surface area (Å²) in [5.74, 6) is -0.593. The van der Waals surface area contributed by atoms with E-state index in [2.05, 4.69) is 19.2 Å². The summed E-state index contributed by atoms with van der Waals surface area (Å²) in [6.45, 7) is 9.05. The first-order valence-corrected chi connectivity index (χ1v) is 7.09. The Morgan fingerprint density at radius 1 is 1.26 bits per heavy atom. The van der Waals surface area contributed by atoms with Crippen molar-refractivity contribution in [2.24, 2.45) is 17.8 Å². The van der Waals surface area contributed by atoms with Gasteiger partial charge in [0.05, 0.1) is 5.92 Å². The lowest BCUT2D eigenvalue weighted by atomic mass is 9.99. The van der Waals surface area contributed by atoms with Crippen LogP contribution in [0.15, 0.2) is 0 Å². The van der Waals surface area contributed by atoms with Crippen molar-refractivity contribution in [3.05, 3.63) is 0 Å². The number of likely N-dealkylation sites (tertiary alicyclic amines) is 1. The predicted molar refractivity (Wildman–Crippen MR) is 73.9 cm³/mol. The Morgan fingerprint density at radius 2 is 1.89 bits per heavy atom. The highest BCUT2D eigenvalue weighted by Gasteiger charge is 2.37. The molecule has 1 fully saturated rings. The van der Waals surface area contributed by atoms with E-state index in [4.69, 9.17) is 5.11 Å². The van der Waals surface area contributed by atoms with Gasteiger partial charge in [-0.2, -0.15) is 0 Å². The first kappa shape index (κ1) is 15.8. The lowest BCUT2D eigenvalue weighted by Gasteiger charge is -2.21. The molecule has 1 aliphatic heterocycles. The van der Waals surface area contributed by atoms with Crippen molar-refractivity contribution < 1.29 is 14.7 Å². The normalized spacial score (nSPS) is 24.6. The van der Waals surface area contributed by atoms with Crippen molar-refractivity contribution in [1.82, 2.24) is 10.2 Å². The van der Waals surface area contributed by atoms with Gasteiger partial charge >= 0.3 is 12.0 Å². The van der Waals surface area contributed by atoms with Gasteiger partial charge in [0, 0.05) is 19.1 Å². The second-order valence-electron chi connectivity index (χ2n) is 6.15. The number of hydrogen-bond acceptors (Lipinski definition) is 2. The summed E-state index contributed by atoms with van der Waals surface area (Å²) in [4.78, 5) is 24.7. The van der Waals surface area contributed by atoms with Gasteiger partial charge in [-0.05, 0) is 31.6 Å². The quantitative estimate of drug-likeness (QED) is 0.804. The standard InChI is InChI=1S/C14H26N2O3/c1-9(2)5-6-11(4)15-14(19)16-7-10(3)12(8-16)13(17)18/h9-12H,5-8H2,1-4H3,(H,15,19)(H,17,18). The third kappa shape index (κ3) is 4.73. The molecule has 1 heterocycles. The summed E-state index contributed by atoms with van der Waals surface area (Å²) >= 11 is 0. The highest BCUT2D eigenvalue weighted by molar-refractivity contribution is 5.77. The molecular weight excluding hydrogens is 244 g/mol. The summed E-state index contributed by atoms with van der Waals surface area (Å²) in [5.41, 5.74) is 0. The van der Waals surface area contributed by atoms with Crippen molar-refractivity contribution in [1.29, 1.82) is 0 Å². The molecule has 0 bridgehead atoms. The molecule has 5 heteroatoms. The van der Waals surface area contributed by atoms with Gasteiger partial charge in [0.2, 0.25) is 0 Å². The molecule has 0 aromatic rings. The predicted octanol–water partition coefficient (Wildman–Crippen LogP) is 2.17. The number of carbonyl (C=O) groups is 2. The third-order valence-electron chi connectivity index (χ3n) is 3.76. The molecule has 5 nitrogen and oxygen atoms in total. The van der Waals surface area contributed by atoms with Crippen molar-refractivity contribution >= 4 is 12.0 Å². The topological polar surface area (TPSA) is 69.6 Å². The summed E-state index contributed by atoms with van der Waals surface area (Å²) in [6.07, 6.45) is 2.03. The molecule has 0 aliphatic carbocycles. The minimum Gasteiger partial charge on any atom is -0.481 e. The summed E-state index contributed by atoms with van der Waals surface area (Å²) < 4.78 is 0. The van der Waals surface area contributed by atoms with Crippen LogP contribution in [0.2, 0.25) is 0 Å². The smallest absolute Gasteiger partial charge is 0.317 e. The Hall–Kier alpha value is -1.26. The molecule has 0 aromatic heterocycles. The van der Waals surface area contributed by atoms with Crippen LogP contribution in [-0.2, 0) is 4.79 Å². The molecule has 0 aromatic carbocycles. The van der Waals surface area contributed by atoms with Crippen LogP contribution in [0.4, 0.5) is 4.79 Å². The Bertz CT molecular complexity index is 331. The minimum absolute atomic E-state index is 0.0224. The second kappa shape index (κ2) is 6.78. The van der Waals surface area contributed by atoms with Gasteiger partial charge in [-0.3, -0.25) is 4.79 Å². The second-order valence-corrected chi connectivity index (χ2v) is 6.15. The molecule has 3 atom stereocenters. The van der Waals surface area contributed by atoms with Crippen LogP contribution in [0.3, 0.4) is 0 Å². The molecule has 1 saturated heterocycles. The fraction of sp³-hybridized carbons (Fsp3) is 0.857. The number of carboxylic acid groups (broad SMARTS) is 1. The molecule has 2 amide bonds. The molecule has 0 saturated carbocycles. The van der Waals surface area contributed by atoms with E-state index >= 15 is 0 Å². The van der Waals surface area contributed by atoms with E-state index in [0.29, 0.717) is 19.0 Å². The maximum absolute atomic E-state index is 12.0. The van der Waals surface area contributed by atoms with Crippen LogP contribution in [0, 0.1) is 17.8 Å². The lowest BCUT2D eigenvalue weighted by Crippen LogP contribution is -2.43. The van der Waals surface area contributed by atoms with Crippen molar-refractivity contribution in [3.63, 3.8) is 0 Å². The van der Waals surface area contributed by atoms with E-state index in [-0.39, 0.29) is 18.0 Å². The first-order chi connectivity index (χ1) is 8.81. The maximum Gasteiger partial charge on any atom is 0.317 e. The summed E-state index contributed by atoms with van der Waals surface area (Å²) in [6, 6.07) is 0.000871. The molecule has 110 valence electrons. The number of nitrogens with zero attached hydrogens (tertiary/aromatic N) is 1. The van der Waals surface area contributed by atoms with Crippen LogP contribution in [-0.4, -0.2) is 41.1 Å². The number of carboxylic acids is 1. The Kier molecular flexibility index (Phi) is 5.63. The first-order valence-electron chi connectivity index (χ1n) is 7.09. The molecule has 19 heavy (non-hydrogen) atoms. The number of rotatable bonds is 5. The van der Waals surface area contributed by atoms with E-state index in [9.17, 15) is 9.59 Å². The zero-order chi connectivity index (χ0) is 14.6. The maximum atomic E-state index is 12.0. The van der Waals surface area contributed by atoms with E-state index < -0.39 is 11.9 Å². The van der Waals surface area contributed by atoms with Gasteiger partial charge in [0.15, 0.2) is 0 Å². The zero-order valence-corrected chi connectivity index (χ0v) is 12.3. The molecule has 0 spiro atoms. The van der Waals surface area contributed by atoms with Crippen molar-refractivity contribution in [2.45, 2.75) is 46.6 Å². The van der Waals surface area contributed by atoms with Crippen molar-refractivity contribution in [2.75, 3.05) is 13.1 Å². The summed E-state index contributed by atoms with van der Waals surface area (Å²) in [5, 5.41) is 12.0. The number of amides is 2. The average Bonchev–Trinajstić information content (AvgIpc) is 2.69. The highest BCUT2D eigenvalue weighted by Crippen LogP contribution is 2.23. The number of hydrogen-bond donors (Lipinski definition) is 2. The van der Waals surface area contributed by atoms with E-state index in [1.807, 2.05) is 13.8 Å². The average molecular weight is 270 g/mol. The van der Waals surface area contributed by atoms with Crippen LogP contribution < -0.4 is 5.32 Å². The fourth-order valence-electron chi connectivity index (χ4n) is 2.41. The Balaban J connectivity index is 2.40. The van der Waals surface area contributed by atoms with Crippen LogP contribution in [0.1, 0.15) is 40.5 Å². The Labute approximate surface area is 115 Å². The van der Waals surface area contributed by atoms with Gasteiger partial charge in [-0.1, -0.05) is 20.8 Å². The largest absolute Gasteiger partial charge is 0.481 e. The van der Waals surface area contributed by atoms with Gasteiger partial charge in [-0.25, -0.2) is 4.79 Å². The fourth-order valence-corrected chi connectivity index (χ4v) is 2.41. The third-order valence-corrected chi connectivity index (χ3v) is 3.76. The van der Waals surface area contributed by atoms with Crippen LogP contribution in [0.25, 0.3) is 0 Å². The van der Waals surface area contributed by atoms with Gasteiger partial charge in [-0.15, -0.1) is 0 Å².